The van der Waals surface area contributed by atoms with Crippen molar-refractivity contribution in [1.29, 1.82) is 0 Å². The van der Waals surface area contributed by atoms with Crippen LogP contribution >= 0.6 is 0 Å². The van der Waals surface area contributed by atoms with Gasteiger partial charge in [-0.15, -0.1) is 0 Å². The molecule has 2 atom stereocenters. The molecular formula is C16H23N3O. The molecule has 1 aliphatic heterocycles. The van der Waals surface area contributed by atoms with Crippen molar-refractivity contribution in [2.24, 2.45) is 11.7 Å². The van der Waals surface area contributed by atoms with Gasteiger partial charge in [-0.25, -0.2) is 0 Å². The maximum atomic E-state index is 11.6. The van der Waals surface area contributed by atoms with Crippen LogP contribution in [0, 0.1) is 5.92 Å². The zero-order chi connectivity index (χ0) is 14.1. The van der Waals surface area contributed by atoms with Crippen LogP contribution in [0.25, 0.3) is 0 Å². The first kappa shape index (κ1) is 13.4. The highest BCUT2D eigenvalue weighted by Crippen LogP contribution is 2.33. The second kappa shape index (κ2) is 5.44. The monoisotopic (exact) mass is 273 g/mol. The largest absolute Gasteiger partial charge is 0.382 e. The van der Waals surface area contributed by atoms with Gasteiger partial charge in [-0.1, -0.05) is 6.42 Å². The lowest BCUT2D eigenvalue weighted by atomic mass is 10.0. The van der Waals surface area contributed by atoms with Gasteiger partial charge in [0.2, 0.25) is 5.91 Å². The fourth-order valence-corrected chi connectivity index (χ4v) is 3.54. The number of nitrogens with zero attached hydrogens (tertiary/aromatic N) is 1. The first-order chi connectivity index (χ1) is 9.69. The van der Waals surface area contributed by atoms with Crippen LogP contribution in [-0.4, -0.2) is 25.0 Å². The van der Waals surface area contributed by atoms with E-state index >= 15 is 0 Å². The van der Waals surface area contributed by atoms with E-state index in [1.165, 1.54) is 30.5 Å². The molecular weight excluding hydrogens is 250 g/mol. The van der Waals surface area contributed by atoms with Crippen LogP contribution in [0.15, 0.2) is 18.2 Å². The summed E-state index contributed by atoms with van der Waals surface area (Å²) in [5.41, 5.74) is 9.35. The number of nitrogens with two attached hydrogens (primary N) is 1. The van der Waals surface area contributed by atoms with E-state index in [-0.39, 0.29) is 5.91 Å². The summed E-state index contributed by atoms with van der Waals surface area (Å²) < 4.78 is 0. The Balaban J connectivity index is 1.75. The van der Waals surface area contributed by atoms with Crippen LogP contribution < -0.4 is 16.0 Å². The van der Waals surface area contributed by atoms with Crippen LogP contribution in [0.4, 0.5) is 11.4 Å². The number of fused-ring (bicyclic) bond motifs is 1. The standard InChI is InChI=1S/C16H23N3O/c1-11(20)19-8-7-12-9-14(5-6-16(12)19)18-15-4-2-3-13(15)10-17/h5-6,9,13,15,18H,2-4,7-8,10,17H2,1H3. The van der Waals surface area contributed by atoms with Crippen molar-refractivity contribution in [2.75, 3.05) is 23.3 Å². The van der Waals surface area contributed by atoms with Crippen LogP contribution in [0.3, 0.4) is 0 Å². The Kier molecular flexibility index (Phi) is 3.66. The van der Waals surface area contributed by atoms with Gasteiger partial charge in [0.1, 0.15) is 0 Å². The highest BCUT2D eigenvalue weighted by atomic mass is 16.2. The summed E-state index contributed by atoms with van der Waals surface area (Å²) in [7, 11) is 0. The zero-order valence-electron chi connectivity index (χ0n) is 12.1. The Bertz CT molecular complexity index is 514. The maximum Gasteiger partial charge on any atom is 0.223 e. The molecule has 4 nitrogen and oxygen atoms in total. The summed E-state index contributed by atoms with van der Waals surface area (Å²) in [4.78, 5) is 13.4. The fourth-order valence-electron chi connectivity index (χ4n) is 3.54. The minimum Gasteiger partial charge on any atom is -0.382 e. The van der Waals surface area contributed by atoms with Crippen molar-refractivity contribution in [3.05, 3.63) is 23.8 Å². The van der Waals surface area contributed by atoms with Gasteiger partial charge in [-0.05, 0) is 55.5 Å². The van der Waals surface area contributed by atoms with E-state index in [1.807, 2.05) is 4.90 Å². The molecule has 1 aromatic rings. The Hall–Kier alpha value is -1.55. The lowest BCUT2D eigenvalue weighted by Gasteiger charge is -2.21. The zero-order valence-corrected chi connectivity index (χ0v) is 12.1. The number of nitrogens with one attached hydrogen (secondary N) is 1. The Morgan fingerprint density at radius 1 is 1.45 bits per heavy atom. The van der Waals surface area contributed by atoms with Crippen molar-refractivity contribution < 1.29 is 4.79 Å². The first-order valence-corrected chi connectivity index (χ1v) is 7.56. The van der Waals surface area contributed by atoms with Gasteiger partial charge in [0, 0.05) is 30.9 Å². The third-order valence-electron chi connectivity index (χ3n) is 4.67. The summed E-state index contributed by atoms with van der Waals surface area (Å²) in [5, 5.41) is 3.63. The number of hydrogen-bond acceptors (Lipinski definition) is 3. The number of carbonyl (C=O) groups excluding carboxylic acids is 1. The third kappa shape index (κ3) is 2.40. The van der Waals surface area contributed by atoms with E-state index < -0.39 is 0 Å². The molecule has 0 aromatic heterocycles. The van der Waals surface area contributed by atoms with Gasteiger partial charge in [-0.3, -0.25) is 4.79 Å². The molecule has 1 heterocycles. The van der Waals surface area contributed by atoms with E-state index in [0.717, 1.165) is 25.2 Å². The van der Waals surface area contributed by atoms with Gasteiger partial charge in [-0.2, -0.15) is 0 Å². The first-order valence-electron chi connectivity index (χ1n) is 7.56. The van der Waals surface area contributed by atoms with Crippen molar-refractivity contribution in [3.8, 4) is 0 Å². The van der Waals surface area contributed by atoms with Gasteiger partial charge >= 0.3 is 0 Å². The highest BCUT2D eigenvalue weighted by molar-refractivity contribution is 5.94. The number of anilines is 2. The Morgan fingerprint density at radius 3 is 3.05 bits per heavy atom. The summed E-state index contributed by atoms with van der Waals surface area (Å²) in [6.45, 7) is 3.20. The van der Waals surface area contributed by atoms with Crippen molar-refractivity contribution in [1.82, 2.24) is 0 Å². The molecule has 0 spiro atoms. The van der Waals surface area contributed by atoms with Crippen LogP contribution in [0.1, 0.15) is 31.7 Å². The van der Waals surface area contributed by atoms with Crippen LogP contribution in [0.2, 0.25) is 0 Å². The summed E-state index contributed by atoms with van der Waals surface area (Å²) >= 11 is 0. The summed E-state index contributed by atoms with van der Waals surface area (Å²) in [5.74, 6) is 0.723. The van der Waals surface area contributed by atoms with E-state index in [0.29, 0.717) is 12.0 Å². The number of rotatable bonds is 3. The average Bonchev–Trinajstić information content (AvgIpc) is 3.04. The Morgan fingerprint density at radius 2 is 2.30 bits per heavy atom. The highest BCUT2D eigenvalue weighted by Gasteiger charge is 2.27. The second-order valence-corrected chi connectivity index (χ2v) is 5.94. The van der Waals surface area contributed by atoms with Gasteiger partial charge in [0.15, 0.2) is 0 Å². The van der Waals surface area contributed by atoms with E-state index in [4.69, 9.17) is 5.73 Å². The van der Waals surface area contributed by atoms with E-state index in [1.54, 1.807) is 6.92 Å². The molecule has 108 valence electrons. The summed E-state index contributed by atoms with van der Waals surface area (Å²) in [6, 6.07) is 6.86. The molecule has 2 aliphatic rings. The predicted molar refractivity (Wildman–Crippen MR) is 82.0 cm³/mol. The maximum absolute atomic E-state index is 11.6. The molecule has 3 N–H and O–H groups in total. The number of carbonyl (C=O) groups is 1. The lowest BCUT2D eigenvalue weighted by molar-refractivity contribution is -0.116. The normalized spacial score (nSPS) is 24.8. The lowest BCUT2D eigenvalue weighted by Crippen LogP contribution is -2.29. The van der Waals surface area contributed by atoms with Crippen molar-refractivity contribution in [2.45, 2.75) is 38.6 Å². The van der Waals surface area contributed by atoms with Crippen molar-refractivity contribution in [3.63, 3.8) is 0 Å². The molecule has 1 saturated carbocycles. The topological polar surface area (TPSA) is 58.4 Å². The molecule has 4 heteroatoms. The molecule has 1 amide bonds. The third-order valence-corrected chi connectivity index (χ3v) is 4.67. The van der Waals surface area contributed by atoms with Crippen molar-refractivity contribution >= 4 is 17.3 Å². The van der Waals surface area contributed by atoms with Gasteiger partial charge < -0.3 is 16.0 Å². The van der Waals surface area contributed by atoms with E-state index in [2.05, 4.69) is 23.5 Å². The molecule has 0 saturated heterocycles. The quantitative estimate of drug-likeness (QED) is 0.887. The molecule has 2 unspecified atom stereocenters. The van der Waals surface area contributed by atoms with Gasteiger partial charge in [0.25, 0.3) is 0 Å². The fraction of sp³-hybridized carbons (Fsp3) is 0.562. The molecule has 0 bridgehead atoms. The molecule has 20 heavy (non-hydrogen) atoms. The molecule has 0 radical (unpaired) electrons. The average molecular weight is 273 g/mol. The number of hydrogen-bond donors (Lipinski definition) is 2. The molecule has 1 aliphatic carbocycles. The van der Waals surface area contributed by atoms with Crippen LogP contribution in [0.5, 0.6) is 0 Å². The van der Waals surface area contributed by atoms with Gasteiger partial charge in [0.05, 0.1) is 0 Å². The van der Waals surface area contributed by atoms with Crippen LogP contribution in [-0.2, 0) is 11.2 Å². The Labute approximate surface area is 120 Å². The minimum atomic E-state index is 0.128. The SMILES string of the molecule is CC(=O)N1CCc2cc(NC3CCCC3CN)ccc21. The summed E-state index contributed by atoms with van der Waals surface area (Å²) in [6.07, 6.45) is 4.66. The predicted octanol–water partition coefficient (Wildman–Crippen LogP) is 2.13. The molecule has 1 aromatic carbocycles. The minimum absolute atomic E-state index is 0.128. The second-order valence-electron chi connectivity index (χ2n) is 5.94. The number of amides is 1. The molecule has 1 fully saturated rings. The smallest absolute Gasteiger partial charge is 0.223 e. The number of benzene rings is 1. The molecule has 3 rings (SSSR count). The van der Waals surface area contributed by atoms with E-state index in [9.17, 15) is 4.79 Å².